The SMILES string of the molecule is C#Cc1cnc(N2CC(=O)N(Cc3ccc(C(F)(F)F)cc3)C3(CN(C(C)=O)C3)C2=O)c(F)c1. The van der Waals surface area contributed by atoms with Crippen LogP contribution in [0.3, 0.4) is 0 Å². The first-order chi connectivity index (χ1) is 16.0. The summed E-state index contributed by atoms with van der Waals surface area (Å²) in [4.78, 5) is 45.9. The number of nitrogens with zero attached hydrogens (tertiary/aromatic N) is 4. The van der Waals surface area contributed by atoms with E-state index in [-0.39, 0.29) is 36.9 Å². The Morgan fingerprint density at radius 3 is 2.38 bits per heavy atom. The highest BCUT2D eigenvalue weighted by Gasteiger charge is 2.60. The van der Waals surface area contributed by atoms with Crippen LogP contribution in [-0.4, -0.2) is 57.7 Å². The van der Waals surface area contributed by atoms with E-state index in [0.717, 1.165) is 23.1 Å². The van der Waals surface area contributed by atoms with Gasteiger partial charge in [-0.05, 0) is 23.8 Å². The first kappa shape index (κ1) is 23.2. The van der Waals surface area contributed by atoms with E-state index >= 15 is 0 Å². The Hall–Kier alpha value is -3.94. The Morgan fingerprint density at radius 2 is 1.85 bits per heavy atom. The largest absolute Gasteiger partial charge is 0.416 e. The second kappa shape index (κ2) is 8.13. The molecule has 2 aliphatic heterocycles. The van der Waals surface area contributed by atoms with Crippen LogP contribution in [0.2, 0.25) is 0 Å². The summed E-state index contributed by atoms with van der Waals surface area (Å²) < 4.78 is 53.3. The Bertz CT molecular complexity index is 1210. The molecule has 176 valence electrons. The molecule has 1 aromatic carbocycles. The van der Waals surface area contributed by atoms with E-state index in [1.807, 2.05) is 0 Å². The molecule has 1 spiro atoms. The van der Waals surface area contributed by atoms with Crippen LogP contribution in [0.4, 0.5) is 23.4 Å². The molecule has 1 aromatic heterocycles. The van der Waals surface area contributed by atoms with E-state index in [0.29, 0.717) is 5.56 Å². The molecule has 7 nitrogen and oxygen atoms in total. The van der Waals surface area contributed by atoms with Crippen molar-refractivity contribution < 1.29 is 31.9 Å². The number of rotatable bonds is 3. The normalized spacial score (nSPS) is 17.6. The number of amides is 3. The number of terminal acetylenes is 1. The van der Waals surface area contributed by atoms with Gasteiger partial charge in [-0.2, -0.15) is 13.2 Å². The van der Waals surface area contributed by atoms with Gasteiger partial charge in [0, 0.05) is 25.2 Å². The third-order valence-electron chi connectivity index (χ3n) is 5.97. The Labute approximate surface area is 192 Å². The van der Waals surface area contributed by atoms with E-state index < -0.39 is 41.5 Å². The topological polar surface area (TPSA) is 73.8 Å². The van der Waals surface area contributed by atoms with Gasteiger partial charge in [-0.15, -0.1) is 6.42 Å². The summed E-state index contributed by atoms with van der Waals surface area (Å²) >= 11 is 0. The molecule has 0 bridgehead atoms. The summed E-state index contributed by atoms with van der Waals surface area (Å²) in [6.07, 6.45) is 1.92. The number of carbonyl (C=O) groups is 3. The summed E-state index contributed by atoms with van der Waals surface area (Å²) in [6, 6.07) is 5.24. The van der Waals surface area contributed by atoms with E-state index in [4.69, 9.17) is 6.42 Å². The fourth-order valence-electron chi connectivity index (χ4n) is 4.11. The van der Waals surface area contributed by atoms with Crippen molar-refractivity contribution >= 4 is 23.5 Å². The van der Waals surface area contributed by atoms with Crippen LogP contribution < -0.4 is 4.90 Å². The van der Waals surface area contributed by atoms with Gasteiger partial charge in [-0.1, -0.05) is 18.1 Å². The van der Waals surface area contributed by atoms with Crippen molar-refractivity contribution in [1.29, 1.82) is 0 Å². The van der Waals surface area contributed by atoms with Crippen LogP contribution in [0.25, 0.3) is 0 Å². The minimum atomic E-state index is -4.51. The summed E-state index contributed by atoms with van der Waals surface area (Å²) in [5.74, 6) is -0.552. The van der Waals surface area contributed by atoms with Gasteiger partial charge in [0.15, 0.2) is 17.2 Å². The molecule has 2 fully saturated rings. The predicted octanol–water partition coefficient (Wildman–Crippen LogP) is 2.20. The van der Waals surface area contributed by atoms with Crippen molar-refractivity contribution in [2.75, 3.05) is 24.5 Å². The van der Waals surface area contributed by atoms with Crippen molar-refractivity contribution in [3.63, 3.8) is 0 Å². The molecule has 0 saturated carbocycles. The van der Waals surface area contributed by atoms with Gasteiger partial charge in [0.2, 0.25) is 11.8 Å². The molecular weight excluding hydrogens is 456 g/mol. The molecule has 4 rings (SSSR count). The lowest BCUT2D eigenvalue weighted by atomic mass is 9.83. The number of pyridine rings is 1. The maximum atomic E-state index is 14.6. The summed E-state index contributed by atoms with van der Waals surface area (Å²) in [5.41, 5.74) is -1.82. The molecule has 2 aliphatic rings. The van der Waals surface area contributed by atoms with Crippen molar-refractivity contribution in [2.45, 2.75) is 25.2 Å². The van der Waals surface area contributed by atoms with Gasteiger partial charge < -0.3 is 9.80 Å². The monoisotopic (exact) mass is 474 g/mol. The third-order valence-corrected chi connectivity index (χ3v) is 5.97. The van der Waals surface area contributed by atoms with E-state index in [9.17, 15) is 31.9 Å². The van der Waals surface area contributed by atoms with Crippen molar-refractivity contribution in [1.82, 2.24) is 14.8 Å². The molecule has 3 heterocycles. The molecule has 3 amide bonds. The number of anilines is 1. The Balaban J connectivity index is 1.67. The van der Waals surface area contributed by atoms with Crippen LogP contribution in [-0.2, 0) is 27.1 Å². The lowest BCUT2D eigenvalue weighted by Gasteiger charge is -2.57. The number of aromatic nitrogens is 1. The molecule has 0 aliphatic carbocycles. The van der Waals surface area contributed by atoms with Gasteiger partial charge >= 0.3 is 6.18 Å². The predicted molar refractivity (Wildman–Crippen MR) is 111 cm³/mol. The van der Waals surface area contributed by atoms with Crippen LogP contribution in [0.15, 0.2) is 36.5 Å². The summed E-state index contributed by atoms with van der Waals surface area (Å²) in [5, 5.41) is 0. The smallest absolute Gasteiger partial charge is 0.337 e. The van der Waals surface area contributed by atoms with Gasteiger partial charge in [-0.3, -0.25) is 19.3 Å². The number of piperazine rings is 1. The standard InChI is InChI=1S/C23H18F4N4O3/c1-3-15-8-18(24)20(28-9-15)30-11-19(33)31(22(21(30)34)12-29(13-22)14(2)32)10-16-4-6-17(7-5-16)23(25,26)27/h1,4-9H,10-13H2,2H3. The number of hydrogen-bond donors (Lipinski definition) is 0. The number of benzene rings is 1. The first-order valence-corrected chi connectivity index (χ1v) is 10.1. The highest BCUT2D eigenvalue weighted by molar-refractivity contribution is 6.10. The van der Waals surface area contributed by atoms with E-state index in [1.54, 1.807) is 0 Å². The molecule has 0 radical (unpaired) electrons. The molecule has 2 saturated heterocycles. The molecule has 0 N–H and O–H groups in total. The summed E-state index contributed by atoms with van der Waals surface area (Å²) in [7, 11) is 0. The molecule has 0 unspecified atom stereocenters. The Morgan fingerprint density at radius 1 is 1.21 bits per heavy atom. The van der Waals surface area contributed by atoms with E-state index in [2.05, 4.69) is 10.9 Å². The van der Waals surface area contributed by atoms with Gasteiger partial charge in [-0.25, -0.2) is 9.37 Å². The minimum Gasteiger partial charge on any atom is -0.337 e. The average molecular weight is 474 g/mol. The minimum absolute atomic E-state index is 0.131. The van der Waals surface area contributed by atoms with Crippen molar-refractivity contribution in [3.05, 3.63) is 59.0 Å². The maximum Gasteiger partial charge on any atom is 0.416 e. The van der Waals surface area contributed by atoms with Crippen LogP contribution in [0.1, 0.15) is 23.6 Å². The van der Waals surface area contributed by atoms with Crippen molar-refractivity contribution in [3.8, 4) is 12.3 Å². The molecular formula is C23H18F4N4O3. The molecule has 0 atom stereocenters. The zero-order valence-corrected chi connectivity index (χ0v) is 17.9. The number of alkyl halides is 3. The molecule has 2 aromatic rings. The maximum absolute atomic E-state index is 14.6. The summed E-state index contributed by atoms with van der Waals surface area (Å²) in [6.45, 7) is 0.358. The lowest BCUT2D eigenvalue weighted by molar-refractivity contribution is -0.169. The Kier molecular flexibility index (Phi) is 5.55. The fourth-order valence-corrected chi connectivity index (χ4v) is 4.11. The van der Waals surface area contributed by atoms with E-state index in [1.165, 1.54) is 35.1 Å². The lowest BCUT2D eigenvalue weighted by Crippen LogP contribution is -2.81. The molecule has 34 heavy (non-hydrogen) atoms. The highest BCUT2D eigenvalue weighted by Crippen LogP contribution is 2.37. The number of hydrogen-bond acceptors (Lipinski definition) is 4. The van der Waals surface area contributed by atoms with Crippen molar-refractivity contribution in [2.24, 2.45) is 0 Å². The van der Waals surface area contributed by atoms with Crippen LogP contribution in [0, 0.1) is 18.2 Å². The van der Waals surface area contributed by atoms with Crippen LogP contribution in [0.5, 0.6) is 0 Å². The first-order valence-electron chi connectivity index (χ1n) is 10.1. The average Bonchev–Trinajstić information content (AvgIpc) is 2.74. The van der Waals surface area contributed by atoms with Gasteiger partial charge in [0.1, 0.15) is 6.54 Å². The zero-order chi connectivity index (χ0) is 24.8. The second-order valence-electron chi connectivity index (χ2n) is 8.15. The fraction of sp³-hybridized carbons (Fsp3) is 0.304. The highest BCUT2D eigenvalue weighted by atomic mass is 19.4. The van der Waals surface area contributed by atoms with Gasteiger partial charge in [0.25, 0.3) is 5.91 Å². The van der Waals surface area contributed by atoms with Crippen LogP contribution >= 0.6 is 0 Å². The number of likely N-dealkylation sites (tertiary alicyclic amines) is 1. The molecule has 11 heteroatoms. The van der Waals surface area contributed by atoms with Gasteiger partial charge in [0.05, 0.1) is 18.7 Å². The quantitative estimate of drug-likeness (QED) is 0.505. The second-order valence-corrected chi connectivity index (χ2v) is 8.15. The number of halogens is 4. The zero-order valence-electron chi connectivity index (χ0n) is 17.9. The third kappa shape index (κ3) is 3.85. The number of carbonyl (C=O) groups excluding carboxylic acids is 3.